The summed E-state index contributed by atoms with van der Waals surface area (Å²) in [5.74, 6) is 0.787. The molecule has 0 aliphatic carbocycles. The minimum Gasteiger partial charge on any atom is -0.497 e. The van der Waals surface area contributed by atoms with Crippen LogP contribution in [-0.2, 0) is 0 Å². The Morgan fingerprint density at radius 1 is 1.50 bits per heavy atom. The quantitative estimate of drug-likeness (QED) is 0.881. The first kappa shape index (κ1) is 16.6. The summed E-state index contributed by atoms with van der Waals surface area (Å²) < 4.78 is 5.15. The standard InChI is InChI=1S/C14H21N3O2.ClH/c1-10-8-12(19-2)5-6-13(10)16-14(18)17-7-3-4-11(15)9-17;/h5-6,8,11H,3-4,7,9,15H2,1-2H3,(H,16,18);1H. The summed E-state index contributed by atoms with van der Waals surface area (Å²) in [6.07, 6.45) is 1.96. The number of likely N-dealkylation sites (tertiary alicyclic amines) is 1. The number of anilines is 1. The Morgan fingerprint density at radius 3 is 2.85 bits per heavy atom. The van der Waals surface area contributed by atoms with Gasteiger partial charge in [-0.1, -0.05) is 0 Å². The molecule has 2 rings (SSSR count). The van der Waals surface area contributed by atoms with Crippen molar-refractivity contribution in [2.75, 3.05) is 25.5 Å². The molecule has 0 saturated carbocycles. The first-order chi connectivity index (χ1) is 9.10. The van der Waals surface area contributed by atoms with E-state index < -0.39 is 0 Å². The van der Waals surface area contributed by atoms with Gasteiger partial charge in [-0.15, -0.1) is 12.4 Å². The van der Waals surface area contributed by atoms with Crippen LogP contribution in [-0.4, -0.2) is 37.2 Å². The van der Waals surface area contributed by atoms with Gasteiger partial charge in [-0.3, -0.25) is 0 Å². The number of rotatable bonds is 2. The SMILES string of the molecule is COc1ccc(NC(=O)N2CCCC(N)C2)c(C)c1.Cl. The smallest absolute Gasteiger partial charge is 0.321 e. The predicted octanol–water partition coefficient (Wildman–Crippen LogP) is 2.38. The minimum absolute atomic E-state index is 0. The number of benzene rings is 1. The van der Waals surface area contributed by atoms with Crippen LogP contribution in [0, 0.1) is 6.92 Å². The fourth-order valence-electron chi connectivity index (χ4n) is 2.29. The minimum atomic E-state index is -0.0802. The molecule has 20 heavy (non-hydrogen) atoms. The van der Waals surface area contributed by atoms with Gasteiger partial charge >= 0.3 is 6.03 Å². The van der Waals surface area contributed by atoms with E-state index in [2.05, 4.69) is 5.32 Å². The Kier molecular flexibility index (Phi) is 6.10. The van der Waals surface area contributed by atoms with E-state index in [4.69, 9.17) is 10.5 Å². The summed E-state index contributed by atoms with van der Waals surface area (Å²) in [6, 6.07) is 5.61. The number of aryl methyl sites for hydroxylation is 1. The summed E-state index contributed by atoms with van der Waals surface area (Å²) in [7, 11) is 1.63. The zero-order chi connectivity index (χ0) is 13.8. The van der Waals surface area contributed by atoms with Crippen molar-refractivity contribution in [2.45, 2.75) is 25.8 Å². The van der Waals surface area contributed by atoms with E-state index in [1.807, 2.05) is 25.1 Å². The lowest BCUT2D eigenvalue weighted by Gasteiger charge is -2.31. The lowest BCUT2D eigenvalue weighted by Crippen LogP contribution is -2.47. The number of nitrogens with one attached hydrogen (secondary N) is 1. The van der Waals surface area contributed by atoms with Crippen LogP contribution < -0.4 is 15.8 Å². The van der Waals surface area contributed by atoms with Gasteiger partial charge in [0, 0.05) is 24.8 Å². The van der Waals surface area contributed by atoms with Crippen molar-refractivity contribution < 1.29 is 9.53 Å². The van der Waals surface area contributed by atoms with Crippen LogP contribution in [0.2, 0.25) is 0 Å². The van der Waals surface area contributed by atoms with Gasteiger partial charge in [0.1, 0.15) is 5.75 Å². The van der Waals surface area contributed by atoms with E-state index in [1.54, 1.807) is 12.0 Å². The molecule has 0 radical (unpaired) electrons. The Hall–Kier alpha value is -1.46. The molecule has 1 unspecified atom stereocenters. The average Bonchev–Trinajstić information content (AvgIpc) is 2.41. The number of hydrogen-bond acceptors (Lipinski definition) is 3. The molecule has 5 nitrogen and oxygen atoms in total. The second-order valence-electron chi connectivity index (χ2n) is 4.96. The molecule has 1 fully saturated rings. The van der Waals surface area contributed by atoms with Gasteiger partial charge in [-0.05, 0) is 43.5 Å². The predicted molar refractivity (Wildman–Crippen MR) is 82.8 cm³/mol. The number of carbonyl (C=O) groups excluding carboxylic acids is 1. The van der Waals surface area contributed by atoms with Crippen molar-refractivity contribution in [3.63, 3.8) is 0 Å². The van der Waals surface area contributed by atoms with Crippen molar-refractivity contribution in [3.8, 4) is 5.75 Å². The molecular formula is C14H22ClN3O2. The molecule has 0 bridgehead atoms. The fraction of sp³-hybridized carbons (Fsp3) is 0.500. The zero-order valence-corrected chi connectivity index (χ0v) is 12.7. The first-order valence-electron chi connectivity index (χ1n) is 6.56. The molecule has 3 N–H and O–H groups in total. The van der Waals surface area contributed by atoms with Crippen LogP contribution in [0.4, 0.5) is 10.5 Å². The van der Waals surface area contributed by atoms with E-state index in [-0.39, 0.29) is 24.5 Å². The number of piperidine rings is 1. The van der Waals surface area contributed by atoms with Gasteiger partial charge in [0.2, 0.25) is 0 Å². The van der Waals surface area contributed by atoms with E-state index >= 15 is 0 Å². The van der Waals surface area contributed by atoms with Gasteiger partial charge < -0.3 is 20.7 Å². The van der Waals surface area contributed by atoms with Crippen molar-refractivity contribution in [2.24, 2.45) is 5.73 Å². The molecule has 1 aromatic carbocycles. The molecule has 6 heteroatoms. The summed E-state index contributed by atoms with van der Waals surface area (Å²) >= 11 is 0. The normalized spacial score (nSPS) is 18.1. The van der Waals surface area contributed by atoms with E-state index in [0.717, 1.165) is 36.4 Å². The second kappa shape index (κ2) is 7.36. The van der Waals surface area contributed by atoms with E-state index in [1.165, 1.54) is 0 Å². The highest BCUT2D eigenvalue weighted by atomic mass is 35.5. The van der Waals surface area contributed by atoms with Crippen LogP contribution in [0.1, 0.15) is 18.4 Å². The average molecular weight is 300 g/mol. The number of ether oxygens (including phenoxy) is 1. The van der Waals surface area contributed by atoms with Crippen LogP contribution >= 0.6 is 12.4 Å². The number of urea groups is 1. The Morgan fingerprint density at radius 2 is 2.25 bits per heavy atom. The summed E-state index contributed by atoms with van der Waals surface area (Å²) in [5.41, 5.74) is 7.68. The number of nitrogens with zero attached hydrogens (tertiary/aromatic N) is 1. The third-order valence-corrected chi connectivity index (χ3v) is 3.42. The van der Waals surface area contributed by atoms with Crippen LogP contribution in [0.5, 0.6) is 5.75 Å². The van der Waals surface area contributed by atoms with E-state index in [0.29, 0.717) is 6.54 Å². The number of hydrogen-bond donors (Lipinski definition) is 2. The lowest BCUT2D eigenvalue weighted by molar-refractivity contribution is 0.193. The molecule has 1 atom stereocenters. The molecular weight excluding hydrogens is 278 g/mol. The fourth-order valence-corrected chi connectivity index (χ4v) is 2.29. The Balaban J connectivity index is 0.00000200. The lowest BCUT2D eigenvalue weighted by atomic mass is 10.1. The summed E-state index contributed by atoms with van der Waals surface area (Å²) in [5, 5.41) is 2.93. The number of carbonyl (C=O) groups is 1. The van der Waals surface area contributed by atoms with Crippen LogP contribution in [0.25, 0.3) is 0 Å². The van der Waals surface area contributed by atoms with Crippen LogP contribution in [0.15, 0.2) is 18.2 Å². The number of amides is 2. The molecule has 1 saturated heterocycles. The maximum atomic E-state index is 12.1. The van der Waals surface area contributed by atoms with Gasteiger partial charge in [-0.25, -0.2) is 4.79 Å². The zero-order valence-electron chi connectivity index (χ0n) is 11.9. The number of methoxy groups -OCH3 is 1. The number of halogens is 1. The topological polar surface area (TPSA) is 67.6 Å². The number of nitrogens with two attached hydrogens (primary N) is 1. The molecule has 112 valence electrons. The molecule has 1 aliphatic heterocycles. The van der Waals surface area contributed by atoms with E-state index in [9.17, 15) is 4.79 Å². The van der Waals surface area contributed by atoms with Gasteiger partial charge in [0.05, 0.1) is 7.11 Å². The molecule has 2 amide bonds. The highest BCUT2D eigenvalue weighted by molar-refractivity contribution is 5.90. The molecule has 0 spiro atoms. The second-order valence-corrected chi connectivity index (χ2v) is 4.96. The van der Waals surface area contributed by atoms with Gasteiger partial charge in [-0.2, -0.15) is 0 Å². The molecule has 1 aliphatic rings. The molecule has 0 aromatic heterocycles. The van der Waals surface area contributed by atoms with Crippen molar-refractivity contribution in [3.05, 3.63) is 23.8 Å². The van der Waals surface area contributed by atoms with Crippen molar-refractivity contribution in [1.29, 1.82) is 0 Å². The molecule has 1 heterocycles. The van der Waals surface area contributed by atoms with Gasteiger partial charge in [0.15, 0.2) is 0 Å². The monoisotopic (exact) mass is 299 g/mol. The van der Waals surface area contributed by atoms with Gasteiger partial charge in [0.25, 0.3) is 0 Å². The highest BCUT2D eigenvalue weighted by Gasteiger charge is 2.21. The largest absolute Gasteiger partial charge is 0.497 e. The van der Waals surface area contributed by atoms with Crippen molar-refractivity contribution in [1.82, 2.24) is 4.90 Å². The third kappa shape index (κ3) is 4.02. The molecule has 1 aromatic rings. The Bertz CT molecular complexity index is 468. The third-order valence-electron chi connectivity index (χ3n) is 3.42. The maximum absolute atomic E-state index is 12.1. The highest BCUT2D eigenvalue weighted by Crippen LogP contribution is 2.21. The first-order valence-corrected chi connectivity index (χ1v) is 6.56. The van der Waals surface area contributed by atoms with Crippen LogP contribution in [0.3, 0.4) is 0 Å². The maximum Gasteiger partial charge on any atom is 0.321 e. The summed E-state index contributed by atoms with van der Waals surface area (Å²) in [6.45, 7) is 3.34. The summed E-state index contributed by atoms with van der Waals surface area (Å²) in [4.78, 5) is 13.9. The van der Waals surface area contributed by atoms with Crippen molar-refractivity contribution >= 4 is 24.1 Å². The Labute approximate surface area is 125 Å².